The van der Waals surface area contributed by atoms with Gasteiger partial charge in [-0.25, -0.2) is 4.79 Å². The van der Waals surface area contributed by atoms with Crippen molar-refractivity contribution in [1.29, 1.82) is 0 Å². The minimum absolute atomic E-state index is 0.373. The fourth-order valence-corrected chi connectivity index (χ4v) is 3.74. The van der Waals surface area contributed by atoms with Crippen molar-refractivity contribution in [1.82, 2.24) is 4.98 Å². The van der Waals surface area contributed by atoms with E-state index in [4.69, 9.17) is 14.5 Å². The number of nitrogens with zero attached hydrogens (tertiary/aromatic N) is 1. The SMILES string of the molecule is COc1ccccc1NC(=O)COC(=O)c1c2c(nc3ccccc13)CCCC2. The molecule has 0 unspecified atom stereocenters. The summed E-state index contributed by atoms with van der Waals surface area (Å²) in [6.07, 6.45) is 3.73. The summed E-state index contributed by atoms with van der Waals surface area (Å²) in [5.41, 5.74) is 3.75. The first-order valence-electron chi connectivity index (χ1n) is 9.68. The number of esters is 1. The largest absolute Gasteiger partial charge is 0.495 e. The second kappa shape index (κ2) is 8.31. The second-order valence-corrected chi connectivity index (χ2v) is 6.96. The zero-order chi connectivity index (χ0) is 20.2. The number of nitrogens with one attached hydrogen (secondary N) is 1. The van der Waals surface area contributed by atoms with E-state index in [1.807, 2.05) is 30.3 Å². The maximum Gasteiger partial charge on any atom is 0.339 e. The van der Waals surface area contributed by atoms with Crippen molar-refractivity contribution >= 4 is 28.5 Å². The van der Waals surface area contributed by atoms with E-state index in [2.05, 4.69) is 5.32 Å². The van der Waals surface area contributed by atoms with Crippen molar-refractivity contribution in [2.45, 2.75) is 25.7 Å². The first-order chi connectivity index (χ1) is 14.2. The molecule has 0 aliphatic heterocycles. The number of benzene rings is 2. The third-order valence-electron chi connectivity index (χ3n) is 5.09. The number of carbonyl (C=O) groups excluding carboxylic acids is 2. The van der Waals surface area contributed by atoms with Gasteiger partial charge in [0.1, 0.15) is 5.75 Å². The Kier molecular flexibility index (Phi) is 5.42. The van der Waals surface area contributed by atoms with Gasteiger partial charge in [0.05, 0.1) is 23.9 Å². The second-order valence-electron chi connectivity index (χ2n) is 6.96. The molecule has 148 valence electrons. The van der Waals surface area contributed by atoms with Gasteiger partial charge >= 0.3 is 5.97 Å². The van der Waals surface area contributed by atoms with Crippen molar-refractivity contribution in [2.75, 3.05) is 19.0 Å². The number of pyridine rings is 1. The van der Waals surface area contributed by atoms with Gasteiger partial charge in [0.2, 0.25) is 0 Å². The molecule has 0 radical (unpaired) electrons. The summed E-state index contributed by atoms with van der Waals surface area (Å²) < 4.78 is 10.6. The molecule has 4 rings (SSSR count). The third kappa shape index (κ3) is 3.92. The van der Waals surface area contributed by atoms with Gasteiger partial charge in [-0.15, -0.1) is 0 Å². The molecule has 0 spiro atoms. The van der Waals surface area contributed by atoms with Gasteiger partial charge in [0.15, 0.2) is 6.61 Å². The number of para-hydroxylation sites is 3. The Morgan fingerprint density at radius 2 is 1.79 bits per heavy atom. The molecule has 0 atom stereocenters. The van der Waals surface area contributed by atoms with Crippen molar-refractivity contribution in [3.8, 4) is 5.75 Å². The summed E-state index contributed by atoms with van der Waals surface area (Å²) in [5.74, 6) is -0.367. The number of aryl methyl sites for hydroxylation is 1. The van der Waals surface area contributed by atoms with E-state index in [-0.39, 0.29) is 6.61 Å². The molecule has 0 bridgehead atoms. The molecular weight excluding hydrogens is 368 g/mol. The number of carbonyl (C=O) groups is 2. The number of hydrogen-bond donors (Lipinski definition) is 1. The molecule has 1 heterocycles. The van der Waals surface area contributed by atoms with Crippen molar-refractivity contribution in [3.05, 3.63) is 65.4 Å². The first-order valence-corrected chi connectivity index (χ1v) is 9.68. The third-order valence-corrected chi connectivity index (χ3v) is 5.09. The molecule has 3 aromatic rings. The molecule has 1 N–H and O–H groups in total. The Balaban J connectivity index is 1.54. The summed E-state index contributed by atoms with van der Waals surface area (Å²) >= 11 is 0. The van der Waals surface area contributed by atoms with E-state index < -0.39 is 11.9 Å². The Morgan fingerprint density at radius 1 is 1.03 bits per heavy atom. The molecule has 0 fully saturated rings. The Hall–Kier alpha value is -3.41. The molecular formula is C23H22N2O4. The molecule has 1 amide bonds. The fraction of sp³-hybridized carbons (Fsp3) is 0.261. The molecule has 6 heteroatoms. The number of fused-ring (bicyclic) bond motifs is 2. The summed E-state index contributed by atoms with van der Waals surface area (Å²) in [6, 6.07) is 14.6. The number of hydrogen-bond acceptors (Lipinski definition) is 5. The monoisotopic (exact) mass is 390 g/mol. The Morgan fingerprint density at radius 3 is 2.66 bits per heavy atom. The van der Waals surface area contributed by atoms with E-state index in [0.29, 0.717) is 17.0 Å². The predicted molar refractivity (Wildman–Crippen MR) is 110 cm³/mol. The molecule has 0 saturated heterocycles. The average Bonchev–Trinajstić information content (AvgIpc) is 2.76. The Bertz CT molecular complexity index is 1080. The summed E-state index contributed by atoms with van der Waals surface area (Å²) in [5, 5.41) is 3.48. The zero-order valence-electron chi connectivity index (χ0n) is 16.2. The first kappa shape index (κ1) is 18.9. The zero-order valence-corrected chi connectivity index (χ0v) is 16.2. The van der Waals surface area contributed by atoms with Crippen LogP contribution in [0.3, 0.4) is 0 Å². The van der Waals surface area contributed by atoms with Gasteiger partial charge in [-0.3, -0.25) is 9.78 Å². The van der Waals surface area contributed by atoms with Gasteiger partial charge in [0, 0.05) is 11.1 Å². The van der Waals surface area contributed by atoms with Gasteiger partial charge in [-0.1, -0.05) is 30.3 Å². The molecule has 0 saturated carbocycles. The van der Waals surface area contributed by atoms with E-state index in [1.54, 1.807) is 18.2 Å². The minimum atomic E-state index is -0.489. The highest BCUT2D eigenvalue weighted by Gasteiger charge is 2.24. The summed E-state index contributed by atoms with van der Waals surface area (Å²) in [6.45, 7) is -0.373. The van der Waals surface area contributed by atoms with Crippen molar-refractivity contribution < 1.29 is 19.1 Å². The maximum atomic E-state index is 13.0. The van der Waals surface area contributed by atoms with Crippen LogP contribution in [0.25, 0.3) is 10.9 Å². The van der Waals surface area contributed by atoms with Crippen LogP contribution in [0.2, 0.25) is 0 Å². The van der Waals surface area contributed by atoms with Crippen LogP contribution < -0.4 is 10.1 Å². The van der Waals surface area contributed by atoms with Crippen molar-refractivity contribution in [2.24, 2.45) is 0 Å². The standard InChI is InChI=1S/C23H22N2O4/c1-28-20-13-7-6-12-19(20)25-21(26)14-29-23(27)22-15-8-2-4-10-17(15)24-18-11-5-3-9-16(18)22/h2,4,6-8,10,12-13H,3,5,9,11,14H2,1H3,(H,25,26). The van der Waals surface area contributed by atoms with Gasteiger partial charge in [0.25, 0.3) is 5.91 Å². The number of anilines is 1. The highest BCUT2D eigenvalue weighted by molar-refractivity contribution is 6.06. The Labute approximate surface area is 168 Å². The van der Waals surface area contributed by atoms with Crippen LogP contribution in [0, 0.1) is 0 Å². The summed E-state index contributed by atoms with van der Waals surface area (Å²) in [7, 11) is 1.53. The van der Waals surface area contributed by atoms with Crippen LogP contribution in [0.1, 0.15) is 34.5 Å². The van der Waals surface area contributed by atoms with Crippen LogP contribution in [0.15, 0.2) is 48.5 Å². The minimum Gasteiger partial charge on any atom is -0.495 e. The number of amides is 1. The molecule has 2 aromatic carbocycles. The molecule has 1 aromatic heterocycles. The predicted octanol–water partition coefficient (Wildman–Crippen LogP) is 3.92. The van der Waals surface area contributed by atoms with Crippen LogP contribution >= 0.6 is 0 Å². The van der Waals surface area contributed by atoms with Gasteiger partial charge < -0.3 is 14.8 Å². The van der Waals surface area contributed by atoms with Crippen LogP contribution in [-0.4, -0.2) is 30.6 Å². The average molecular weight is 390 g/mol. The topological polar surface area (TPSA) is 77.5 Å². The van der Waals surface area contributed by atoms with E-state index in [0.717, 1.165) is 47.8 Å². The molecule has 1 aliphatic rings. The number of ether oxygens (including phenoxy) is 2. The van der Waals surface area contributed by atoms with Crippen LogP contribution in [-0.2, 0) is 22.4 Å². The van der Waals surface area contributed by atoms with Crippen molar-refractivity contribution in [3.63, 3.8) is 0 Å². The van der Waals surface area contributed by atoms with E-state index in [1.165, 1.54) is 7.11 Å². The maximum absolute atomic E-state index is 13.0. The molecule has 29 heavy (non-hydrogen) atoms. The highest BCUT2D eigenvalue weighted by Crippen LogP contribution is 2.30. The number of methoxy groups -OCH3 is 1. The quantitative estimate of drug-likeness (QED) is 0.668. The highest BCUT2D eigenvalue weighted by atomic mass is 16.5. The fourth-order valence-electron chi connectivity index (χ4n) is 3.74. The normalized spacial score (nSPS) is 12.9. The lowest BCUT2D eigenvalue weighted by molar-refractivity contribution is -0.119. The van der Waals surface area contributed by atoms with E-state index in [9.17, 15) is 9.59 Å². The van der Waals surface area contributed by atoms with E-state index >= 15 is 0 Å². The molecule has 6 nitrogen and oxygen atoms in total. The smallest absolute Gasteiger partial charge is 0.339 e. The van der Waals surface area contributed by atoms with Gasteiger partial charge in [-0.05, 0) is 49.4 Å². The van der Waals surface area contributed by atoms with Crippen LogP contribution in [0.4, 0.5) is 5.69 Å². The lowest BCUT2D eigenvalue weighted by atomic mass is 9.90. The van der Waals surface area contributed by atoms with Gasteiger partial charge in [-0.2, -0.15) is 0 Å². The number of rotatable bonds is 5. The lowest BCUT2D eigenvalue weighted by Crippen LogP contribution is -2.23. The van der Waals surface area contributed by atoms with Crippen LogP contribution in [0.5, 0.6) is 5.75 Å². The summed E-state index contributed by atoms with van der Waals surface area (Å²) in [4.78, 5) is 30.0. The molecule has 1 aliphatic carbocycles. The number of aromatic nitrogens is 1. The lowest BCUT2D eigenvalue weighted by Gasteiger charge is -2.20.